The first kappa shape index (κ1) is 23.0. The van der Waals surface area contributed by atoms with Crippen molar-refractivity contribution in [1.82, 2.24) is 5.32 Å². The van der Waals surface area contributed by atoms with Crippen molar-refractivity contribution in [2.75, 3.05) is 13.2 Å². The van der Waals surface area contributed by atoms with Crippen LogP contribution in [0.1, 0.15) is 38.5 Å². The second-order valence-electron chi connectivity index (χ2n) is 8.37. The summed E-state index contributed by atoms with van der Waals surface area (Å²) in [6.45, 7) is 0.979. The van der Waals surface area contributed by atoms with E-state index in [-0.39, 0.29) is 30.1 Å². The minimum atomic E-state index is -0.768. The number of carbonyl (C=O) groups excluding carboxylic acids is 2. The maximum absolute atomic E-state index is 12.2. The van der Waals surface area contributed by atoms with Gasteiger partial charge in [-0.05, 0) is 62.1 Å². The van der Waals surface area contributed by atoms with Gasteiger partial charge in [-0.25, -0.2) is 0 Å². The van der Waals surface area contributed by atoms with Crippen LogP contribution in [0.5, 0.6) is 5.75 Å². The first-order valence-electron chi connectivity index (χ1n) is 11.3. The van der Waals surface area contributed by atoms with Crippen molar-refractivity contribution >= 4 is 11.7 Å². The average molecular weight is 424 g/mol. The molecule has 0 saturated heterocycles. The number of hydrogen-bond acceptors (Lipinski definition) is 4. The molecular weight excluding hydrogens is 390 g/mol. The van der Waals surface area contributed by atoms with Gasteiger partial charge in [-0.1, -0.05) is 48.6 Å². The molecule has 0 aliphatic heterocycles. The van der Waals surface area contributed by atoms with Crippen LogP contribution in [-0.4, -0.2) is 36.1 Å². The monoisotopic (exact) mass is 423 g/mol. The lowest BCUT2D eigenvalue weighted by atomic mass is 9.91. The number of ketones is 1. The smallest absolute Gasteiger partial charge is 0.220 e. The third kappa shape index (κ3) is 8.54. The second kappa shape index (κ2) is 12.3. The molecule has 3 rings (SSSR count). The van der Waals surface area contributed by atoms with E-state index in [1.807, 2.05) is 36.4 Å². The molecule has 2 aliphatic carbocycles. The van der Waals surface area contributed by atoms with E-state index < -0.39 is 6.10 Å². The number of rotatable bonds is 13. The number of amides is 1. The summed E-state index contributed by atoms with van der Waals surface area (Å²) in [6, 6.07) is 9.34. The summed E-state index contributed by atoms with van der Waals surface area (Å²) in [5.41, 5.74) is 0. The molecule has 5 nitrogen and oxygen atoms in total. The van der Waals surface area contributed by atoms with Crippen molar-refractivity contribution in [2.24, 2.45) is 17.8 Å². The van der Waals surface area contributed by atoms with Crippen LogP contribution in [0.4, 0.5) is 0 Å². The topological polar surface area (TPSA) is 75.6 Å². The van der Waals surface area contributed by atoms with Crippen molar-refractivity contribution in [2.45, 2.75) is 44.6 Å². The van der Waals surface area contributed by atoms with E-state index in [0.29, 0.717) is 18.1 Å². The van der Waals surface area contributed by atoms with Crippen molar-refractivity contribution in [3.63, 3.8) is 0 Å². The van der Waals surface area contributed by atoms with E-state index in [1.165, 1.54) is 12.8 Å². The van der Waals surface area contributed by atoms with Gasteiger partial charge in [-0.3, -0.25) is 9.59 Å². The number of ether oxygens (including phenoxy) is 1. The van der Waals surface area contributed by atoms with E-state index >= 15 is 0 Å². The van der Waals surface area contributed by atoms with Crippen LogP contribution in [0.2, 0.25) is 0 Å². The molecule has 5 heteroatoms. The molecule has 0 spiro atoms. The van der Waals surface area contributed by atoms with Crippen LogP contribution in [0.25, 0.3) is 0 Å². The summed E-state index contributed by atoms with van der Waals surface area (Å²) in [5, 5.41) is 13.1. The zero-order chi connectivity index (χ0) is 21.9. The van der Waals surface area contributed by atoms with Crippen LogP contribution < -0.4 is 10.1 Å². The summed E-state index contributed by atoms with van der Waals surface area (Å²) in [4.78, 5) is 23.9. The number of carbonyl (C=O) groups is 2. The number of unbranched alkanes of at least 4 members (excludes halogenated alkanes) is 1. The van der Waals surface area contributed by atoms with Crippen LogP contribution >= 0.6 is 0 Å². The predicted octanol–water partition coefficient (Wildman–Crippen LogP) is 4.00. The van der Waals surface area contributed by atoms with E-state index in [4.69, 9.17) is 4.74 Å². The molecule has 3 atom stereocenters. The molecule has 2 aliphatic rings. The predicted molar refractivity (Wildman–Crippen MR) is 122 cm³/mol. The summed E-state index contributed by atoms with van der Waals surface area (Å²) in [6.07, 6.45) is 15.9. The van der Waals surface area contributed by atoms with Gasteiger partial charge in [-0.15, -0.1) is 0 Å². The highest BCUT2D eigenvalue weighted by atomic mass is 16.5. The van der Waals surface area contributed by atoms with Crippen molar-refractivity contribution in [3.8, 4) is 5.75 Å². The number of allylic oxidation sites excluding steroid dienone is 5. The molecule has 2 N–H and O–H groups in total. The van der Waals surface area contributed by atoms with E-state index in [9.17, 15) is 14.7 Å². The lowest BCUT2D eigenvalue weighted by Gasteiger charge is -2.14. The number of para-hydroxylation sites is 1. The molecule has 0 heterocycles. The average Bonchev–Trinajstić information content (AvgIpc) is 3.55. The summed E-state index contributed by atoms with van der Waals surface area (Å²) in [7, 11) is 0. The molecule has 1 fully saturated rings. The molecule has 1 aromatic rings. The van der Waals surface area contributed by atoms with E-state index in [0.717, 1.165) is 25.8 Å². The number of aliphatic hydroxyl groups excluding tert-OH is 1. The molecule has 0 unspecified atom stereocenters. The molecule has 166 valence electrons. The van der Waals surface area contributed by atoms with Crippen LogP contribution in [0, 0.1) is 17.8 Å². The van der Waals surface area contributed by atoms with Crippen molar-refractivity contribution in [1.29, 1.82) is 0 Å². The fourth-order valence-corrected chi connectivity index (χ4v) is 3.55. The standard InChI is InChI=1S/C26H33NO4/c28-22(19-31-23-9-5-3-6-10-23)15-16-24-21(14-17-25(24)29)8-4-1-2-7-11-26(30)27-18-20-12-13-20/h1,3-6,9-10,14-17,20-22,24,28H,2,7-8,11-13,18-19H2,(H,27,30)/t21-,22+,24+/m0/s1. The Kier molecular flexibility index (Phi) is 9.10. The maximum Gasteiger partial charge on any atom is 0.220 e. The van der Waals surface area contributed by atoms with Gasteiger partial charge < -0.3 is 15.2 Å². The van der Waals surface area contributed by atoms with Crippen molar-refractivity contribution < 1.29 is 19.4 Å². The highest BCUT2D eigenvalue weighted by molar-refractivity contribution is 5.95. The minimum Gasteiger partial charge on any atom is -0.491 e. The molecule has 0 radical (unpaired) electrons. The summed E-state index contributed by atoms with van der Waals surface area (Å²) in [5.74, 6) is 1.48. The second-order valence-corrected chi connectivity index (χ2v) is 8.37. The number of nitrogens with one attached hydrogen (secondary N) is 1. The molecule has 1 aromatic carbocycles. The Hall–Kier alpha value is -2.66. The van der Waals surface area contributed by atoms with Gasteiger partial charge >= 0.3 is 0 Å². The molecule has 1 amide bonds. The van der Waals surface area contributed by atoms with Gasteiger partial charge in [0.15, 0.2) is 5.78 Å². The normalized spacial score (nSPS) is 21.8. The maximum atomic E-state index is 12.2. The SMILES string of the molecule is O=C(CCCC=CC[C@H]1C=CC(=O)[C@@H]1C=C[C@@H](O)COc1ccccc1)NCC1CC1. The first-order chi connectivity index (χ1) is 15.1. The first-order valence-corrected chi connectivity index (χ1v) is 11.3. The zero-order valence-electron chi connectivity index (χ0n) is 18.0. The Morgan fingerprint density at radius 1 is 1.23 bits per heavy atom. The van der Waals surface area contributed by atoms with Gasteiger partial charge in [0.05, 0.1) is 0 Å². The fourth-order valence-electron chi connectivity index (χ4n) is 3.55. The molecule has 0 bridgehead atoms. The molecular formula is C26H33NO4. The van der Waals surface area contributed by atoms with E-state index in [2.05, 4.69) is 17.5 Å². The highest BCUT2D eigenvalue weighted by Crippen LogP contribution is 2.28. The van der Waals surface area contributed by atoms with Crippen LogP contribution in [0.3, 0.4) is 0 Å². The Morgan fingerprint density at radius 2 is 2.03 bits per heavy atom. The lowest BCUT2D eigenvalue weighted by Crippen LogP contribution is -2.24. The Balaban J connectivity index is 1.33. The van der Waals surface area contributed by atoms with Crippen LogP contribution in [0.15, 0.2) is 66.8 Å². The van der Waals surface area contributed by atoms with Gasteiger partial charge in [0.25, 0.3) is 0 Å². The van der Waals surface area contributed by atoms with E-state index in [1.54, 1.807) is 18.2 Å². The Morgan fingerprint density at radius 3 is 2.81 bits per heavy atom. The van der Waals surface area contributed by atoms with Crippen LogP contribution in [-0.2, 0) is 9.59 Å². The summed E-state index contributed by atoms with van der Waals surface area (Å²) < 4.78 is 5.54. The van der Waals surface area contributed by atoms with Gasteiger partial charge in [0.2, 0.25) is 5.91 Å². The lowest BCUT2D eigenvalue weighted by molar-refractivity contribution is -0.121. The molecule has 31 heavy (non-hydrogen) atoms. The summed E-state index contributed by atoms with van der Waals surface area (Å²) >= 11 is 0. The molecule has 1 saturated carbocycles. The van der Waals surface area contributed by atoms with Gasteiger partial charge in [0.1, 0.15) is 18.5 Å². The zero-order valence-corrected chi connectivity index (χ0v) is 18.0. The largest absolute Gasteiger partial charge is 0.491 e. The third-order valence-corrected chi connectivity index (χ3v) is 5.64. The van der Waals surface area contributed by atoms with Crippen molar-refractivity contribution in [3.05, 3.63) is 66.8 Å². The third-order valence-electron chi connectivity index (χ3n) is 5.64. The van der Waals surface area contributed by atoms with Gasteiger partial charge in [-0.2, -0.15) is 0 Å². The fraction of sp³-hybridized carbons (Fsp3) is 0.462. The Labute approximate surface area is 184 Å². The van der Waals surface area contributed by atoms with Gasteiger partial charge in [0, 0.05) is 18.9 Å². The highest BCUT2D eigenvalue weighted by Gasteiger charge is 2.27. The molecule has 0 aromatic heterocycles. The number of aliphatic hydroxyl groups is 1. The minimum absolute atomic E-state index is 0.0677. The Bertz CT molecular complexity index is 795. The number of benzene rings is 1. The quantitative estimate of drug-likeness (QED) is 0.371. The number of hydrogen-bond donors (Lipinski definition) is 2.